The summed E-state index contributed by atoms with van der Waals surface area (Å²) in [5, 5.41) is 6.89. The SMILES string of the molecule is CCN(C(=O)/C(CSCCC(F)(F)F)=N\COCc1nccs1)c1cn(-c2cccnc2)nc1Cl. The van der Waals surface area contributed by atoms with Gasteiger partial charge in [-0.2, -0.15) is 30.0 Å². The number of nitrogens with zero attached hydrogens (tertiary/aromatic N) is 6. The average Bonchev–Trinajstić information content (AvgIpc) is 3.48. The Morgan fingerprint density at radius 1 is 1.37 bits per heavy atom. The van der Waals surface area contributed by atoms with Crippen LogP contribution in [0.1, 0.15) is 18.4 Å². The maximum atomic E-state index is 13.4. The lowest BCUT2D eigenvalue weighted by molar-refractivity contribution is -0.129. The molecule has 188 valence electrons. The fourth-order valence-electron chi connectivity index (χ4n) is 2.84. The van der Waals surface area contributed by atoms with Crippen molar-refractivity contribution in [1.82, 2.24) is 19.7 Å². The smallest absolute Gasteiger partial charge is 0.352 e. The zero-order valence-electron chi connectivity index (χ0n) is 18.6. The molecule has 3 heterocycles. The third-order valence-electron chi connectivity index (χ3n) is 4.49. The highest BCUT2D eigenvalue weighted by Gasteiger charge is 2.28. The van der Waals surface area contributed by atoms with E-state index in [0.29, 0.717) is 11.4 Å². The highest BCUT2D eigenvalue weighted by molar-refractivity contribution is 8.00. The molecule has 0 spiro atoms. The molecule has 14 heteroatoms. The number of amides is 1. The van der Waals surface area contributed by atoms with Crippen molar-refractivity contribution in [1.29, 1.82) is 0 Å². The number of thioether (sulfide) groups is 1. The first-order valence-corrected chi connectivity index (χ1v) is 12.8. The van der Waals surface area contributed by atoms with Crippen molar-refractivity contribution in [2.45, 2.75) is 26.1 Å². The lowest BCUT2D eigenvalue weighted by atomic mass is 10.3. The third-order valence-corrected chi connectivity index (χ3v) is 6.48. The van der Waals surface area contributed by atoms with Crippen LogP contribution in [0.25, 0.3) is 5.69 Å². The van der Waals surface area contributed by atoms with Crippen molar-refractivity contribution in [3.63, 3.8) is 0 Å². The van der Waals surface area contributed by atoms with Crippen LogP contribution in [0.4, 0.5) is 18.9 Å². The molecule has 8 nitrogen and oxygen atoms in total. The maximum Gasteiger partial charge on any atom is 0.389 e. The number of hydrogen-bond donors (Lipinski definition) is 0. The minimum Gasteiger partial charge on any atom is -0.352 e. The standard InChI is InChI=1S/C21H22ClF3N6O2S2/c1-2-30(17-11-31(29-19(17)22)15-4-3-6-26-10-15)20(32)16(13-34-8-5-21(23,24)25)28-14-33-12-18-27-7-9-35-18/h3-4,6-7,9-11H,2,5,8,12-14H2,1H3/b28-16-. The van der Waals surface area contributed by atoms with Crippen LogP contribution < -0.4 is 4.90 Å². The van der Waals surface area contributed by atoms with Crippen molar-refractivity contribution in [3.8, 4) is 5.69 Å². The van der Waals surface area contributed by atoms with Crippen molar-refractivity contribution in [3.05, 3.63) is 52.5 Å². The Labute approximate surface area is 213 Å². The van der Waals surface area contributed by atoms with Gasteiger partial charge in [-0.15, -0.1) is 11.3 Å². The fraction of sp³-hybridized carbons (Fsp3) is 0.381. The van der Waals surface area contributed by atoms with E-state index < -0.39 is 18.5 Å². The lowest BCUT2D eigenvalue weighted by Crippen LogP contribution is -2.38. The topological polar surface area (TPSA) is 85.5 Å². The second-order valence-electron chi connectivity index (χ2n) is 6.94. The summed E-state index contributed by atoms with van der Waals surface area (Å²) in [7, 11) is 0. The third kappa shape index (κ3) is 8.30. The van der Waals surface area contributed by atoms with Gasteiger partial charge in [0.05, 0.1) is 24.5 Å². The molecular weight excluding hydrogens is 525 g/mol. The summed E-state index contributed by atoms with van der Waals surface area (Å²) in [5.41, 5.74) is 1.07. The van der Waals surface area contributed by atoms with E-state index in [-0.39, 0.29) is 42.3 Å². The van der Waals surface area contributed by atoms with Gasteiger partial charge < -0.3 is 9.64 Å². The Kier molecular flexibility index (Phi) is 10.1. The molecule has 0 N–H and O–H groups in total. The molecule has 0 fully saturated rings. The second kappa shape index (κ2) is 13.0. The van der Waals surface area contributed by atoms with Crippen LogP contribution in [0.15, 0.2) is 47.3 Å². The van der Waals surface area contributed by atoms with Gasteiger partial charge in [0.2, 0.25) is 0 Å². The number of alkyl halides is 3. The number of rotatable bonds is 12. The van der Waals surface area contributed by atoms with Crippen molar-refractivity contribution >= 4 is 52.0 Å². The zero-order valence-corrected chi connectivity index (χ0v) is 21.0. The van der Waals surface area contributed by atoms with E-state index >= 15 is 0 Å². The summed E-state index contributed by atoms with van der Waals surface area (Å²) in [5.74, 6) is -0.695. The van der Waals surface area contributed by atoms with Gasteiger partial charge in [0, 0.05) is 35.8 Å². The molecule has 3 aromatic rings. The maximum absolute atomic E-state index is 13.4. The number of carbonyl (C=O) groups is 1. The predicted octanol–water partition coefficient (Wildman–Crippen LogP) is 5.03. The van der Waals surface area contributed by atoms with E-state index in [9.17, 15) is 18.0 Å². The van der Waals surface area contributed by atoms with E-state index in [2.05, 4.69) is 20.1 Å². The Morgan fingerprint density at radius 2 is 2.20 bits per heavy atom. The van der Waals surface area contributed by atoms with E-state index in [0.717, 1.165) is 16.8 Å². The highest BCUT2D eigenvalue weighted by atomic mass is 35.5. The monoisotopic (exact) mass is 546 g/mol. The number of thiazole rings is 1. The minimum absolute atomic E-state index is 0.0135. The number of ether oxygens (including phenoxy) is 1. The predicted molar refractivity (Wildman–Crippen MR) is 132 cm³/mol. The fourth-order valence-corrected chi connectivity index (χ4v) is 4.55. The van der Waals surface area contributed by atoms with Gasteiger partial charge >= 0.3 is 6.18 Å². The van der Waals surface area contributed by atoms with Gasteiger partial charge in [-0.25, -0.2) is 9.67 Å². The highest BCUT2D eigenvalue weighted by Crippen LogP contribution is 2.27. The zero-order chi connectivity index (χ0) is 25.3. The number of anilines is 1. The normalized spacial score (nSPS) is 12.2. The largest absolute Gasteiger partial charge is 0.389 e. The number of aliphatic imine (C=N–C) groups is 1. The van der Waals surface area contributed by atoms with Crippen molar-refractivity contribution in [2.24, 2.45) is 4.99 Å². The summed E-state index contributed by atoms with van der Waals surface area (Å²) in [6.07, 6.45) is 1.22. The summed E-state index contributed by atoms with van der Waals surface area (Å²) in [6, 6.07) is 3.52. The van der Waals surface area contributed by atoms with Gasteiger partial charge in [-0.05, 0) is 19.1 Å². The molecule has 0 bridgehead atoms. The number of carbonyl (C=O) groups excluding carboxylic acids is 1. The average molecular weight is 547 g/mol. The molecule has 3 aromatic heterocycles. The summed E-state index contributed by atoms with van der Waals surface area (Å²) >= 11 is 8.72. The van der Waals surface area contributed by atoms with Crippen molar-refractivity contribution in [2.75, 3.05) is 29.7 Å². The first kappa shape index (κ1) is 27.1. The molecule has 0 aromatic carbocycles. The van der Waals surface area contributed by atoms with Crippen LogP contribution in [0.3, 0.4) is 0 Å². The summed E-state index contributed by atoms with van der Waals surface area (Å²) in [4.78, 5) is 27.1. The van der Waals surface area contributed by atoms with Gasteiger partial charge in [0.25, 0.3) is 5.91 Å². The van der Waals surface area contributed by atoms with Gasteiger partial charge in [0.15, 0.2) is 5.15 Å². The van der Waals surface area contributed by atoms with Crippen LogP contribution in [0, 0.1) is 0 Å². The molecule has 0 aliphatic rings. The van der Waals surface area contributed by atoms with Crippen LogP contribution in [-0.4, -0.2) is 62.3 Å². The van der Waals surface area contributed by atoms with Gasteiger partial charge in [-0.1, -0.05) is 11.6 Å². The van der Waals surface area contributed by atoms with Gasteiger partial charge in [0.1, 0.15) is 29.7 Å². The molecule has 0 aliphatic carbocycles. The Balaban J connectivity index is 1.75. The summed E-state index contributed by atoms with van der Waals surface area (Å²) < 4.78 is 44.6. The minimum atomic E-state index is -4.27. The van der Waals surface area contributed by atoms with Crippen LogP contribution in [0.5, 0.6) is 0 Å². The quantitative estimate of drug-likeness (QED) is 0.234. The lowest BCUT2D eigenvalue weighted by Gasteiger charge is -2.20. The molecule has 35 heavy (non-hydrogen) atoms. The Morgan fingerprint density at radius 3 is 2.86 bits per heavy atom. The number of hydrogen-bond acceptors (Lipinski definition) is 8. The van der Waals surface area contributed by atoms with E-state index in [1.165, 1.54) is 20.9 Å². The molecule has 0 unspecified atom stereocenters. The Bertz CT molecular complexity index is 1110. The molecule has 0 atom stereocenters. The van der Waals surface area contributed by atoms with E-state index in [1.54, 1.807) is 43.8 Å². The van der Waals surface area contributed by atoms with Crippen molar-refractivity contribution < 1.29 is 22.7 Å². The van der Waals surface area contributed by atoms with Gasteiger partial charge in [-0.3, -0.25) is 14.8 Å². The van der Waals surface area contributed by atoms with Crippen LogP contribution >= 0.6 is 34.7 Å². The Hall–Kier alpha value is -2.48. The molecule has 3 rings (SSSR count). The number of pyridine rings is 1. The molecular formula is C21H22ClF3N6O2S2. The van der Waals surface area contributed by atoms with E-state index in [4.69, 9.17) is 16.3 Å². The molecule has 0 aliphatic heterocycles. The summed E-state index contributed by atoms with van der Waals surface area (Å²) in [6.45, 7) is 2.07. The molecule has 1 amide bonds. The second-order valence-corrected chi connectivity index (χ2v) is 9.38. The van der Waals surface area contributed by atoms with E-state index in [1.807, 2.05) is 5.38 Å². The first-order valence-electron chi connectivity index (χ1n) is 10.4. The number of halogens is 4. The molecule has 0 saturated carbocycles. The number of aromatic nitrogens is 4. The van der Waals surface area contributed by atoms with Crippen LogP contribution in [-0.2, 0) is 16.1 Å². The molecule has 0 saturated heterocycles. The van der Waals surface area contributed by atoms with Crippen LogP contribution in [0.2, 0.25) is 5.15 Å². The first-order chi connectivity index (χ1) is 16.8. The molecule has 0 radical (unpaired) electrons.